The van der Waals surface area contributed by atoms with Crippen molar-refractivity contribution in [2.24, 2.45) is 5.41 Å². The number of carbonyl (C=O) groups is 2. The molecule has 0 saturated heterocycles. The van der Waals surface area contributed by atoms with E-state index in [1.54, 1.807) is 20.1 Å². The highest BCUT2D eigenvalue weighted by molar-refractivity contribution is 5.97. The molecular formula is C12H21NO3. The lowest BCUT2D eigenvalue weighted by atomic mass is 9.79. The summed E-state index contributed by atoms with van der Waals surface area (Å²) in [5.74, 6) is -0.644. The van der Waals surface area contributed by atoms with Crippen LogP contribution in [0.15, 0.2) is 12.7 Å². The second-order valence-electron chi connectivity index (χ2n) is 4.03. The summed E-state index contributed by atoms with van der Waals surface area (Å²) in [6, 6.07) is 0. The minimum Gasteiger partial charge on any atom is -0.380 e. The number of rotatable bonds is 6. The molecule has 0 spiro atoms. The van der Waals surface area contributed by atoms with Crippen LogP contribution in [0.4, 0.5) is 0 Å². The number of ether oxygens (including phenoxy) is 1. The van der Waals surface area contributed by atoms with E-state index >= 15 is 0 Å². The Hall–Kier alpha value is -1.16. The predicted molar refractivity (Wildman–Crippen MR) is 62.8 cm³/mol. The van der Waals surface area contributed by atoms with Crippen LogP contribution < -0.4 is 5.32 Å². The van der Waals surface area contributed by atoms with Crippen LogP contribution in [-0.2, 0) is 14.3 Å². The van der Waals surface area contributed by atoms with Crippen molar-refractivity contribution in [2.75, 3.05) is 7.11 Å². The SMILES string of the molecule is C=CC[C@@H](OC)C(C)(CC)C(=O)NC(C)=O. The van der Waals surface area contributed by atoms with Gasteiger partial charge in [-0.2, -0.15) is 0 Å². The summed E-state index contributed by atoms with van der Waals surface area (Å²) in [5.41, 5.74) is -0.714. The maximum absolute atomic E-state index is 11.9. The monoisotopic (exact) mass is 227 g/mol. The molecule has 0 saturated carbocycles. The Morgan fingerprint density at radius 2 is 2.12 bits per heavy atom. The van der Waals surface area contributed by atoms with Gasteiger partial charge in [0.25, 0.3) is 0 Å². The van der Waals surface area contributed by atoms with E-state index in [-0.39, 0.29) is 17.9 Å². The molecule has 1 unspecified atom stereocenters. The molecule has 1 N–H and O–H groups in total. The zero-order valence-corrected chi connectivity index (χ0v) is 10.5. The lowest BCUT2D eigenvalue weighted by Gasteiger charge is -2.33. The van der Waals surface area contributed by atoms with Crippen LogP contribution >= 0.6 is 0 Å². The molecule has 4 heteroatoms. The molecule has 0 bridgehead atoms. The third-order valence-corrected chi connectivity index (χ3v) is 2.92. The Kier molecular flexibility index (Phi) is 5.96. The molecule has 16 heavy (non-hydrogen) atoms. The van der Waals surface area contributed by atoms with E-state index in [0.717, 1.165) is 0 Å². The maximum atomic E-state index is 11.9. The van der Waals surface area contributed by atoms with Gasteiger partial charge < -0.3 is 4.74 Å². The second kappa shape index (κ2) is 6.43. The summed E-state index contributed by atoms with van der Waals surface area (Å²) in [5, 5.41) is 2.32. The van der Waals surface area contributed by atoms with E-state index < -0.39 is 5.41 Å². The van der Waals surface area contributed by atoms with E-state index in [1.165, 1.54) is 6.92 Å². The molecule has 0 heterocycles. The van der Waals surface area contributed by atoms with Crippen LogP contribution in [0.1, 0.15) is 33.6 Å². The van der Waals surface area contributed by atoms with E-state index in [4.69, 9.17) is 4.74 Å². The Labute approximate surface area is 97.1 Å². The Balaban J connectivity index is 4.91. The molecule has 0 radical (unpaired) electrons. The predicted octanol–water partition coefficient (Wildman–Crippen LogP) is 1.66. The highest BCUT2D eigenvalue weighted by atomic mass is 16.5. The Morgan fingerprint density at radius 1 is 1.56 bits per heavy atom. The number of amides is 2. The Bertz CT molecular complexity index is 275. The molecule has 0 aliphatic heterocycles. The van der Waals surface area contributed by atoms with E-state index in [9.17, 15) is 9.59 Å². The van der Waals surface area contributed by atoms with Crippen molar-refractivity contribution >= 4 is 11.8 Å². The molecule has 0 rings (SSSR count). The van der Waals surface area contributed by atoms with Crippen LogP contribution in [0.2, 0.25) is 0 Å². The third-order valence-electron chi connectivity index (χ3n) is 2.92. The summed E-state index contributed by atoms with van der Waals surface area (Å²) in [7, 11) is 1.56. The van der Waals surface area contributed by atoms with Gasteiger partial charge in [0.15, 0.2) is 0 Å². The van der Waals surface area contributed by atoms with Gasteiger partial charge in [0.1, 0.15) is 0 Å². The van der Waals surface area contributed by atoms with Gasteiger partial charge in [-0.1, -0.05) is 13.0 Å². The topological polar surface area (TPSA) is 55.4 Å². The molecule has 0 aromatic rings. The lowest BCUT2D eigenvalue weighted by molar-refractivity contribution is -0.142. The highest BCUT2D eigenvalue weighted by Crippen LogP contribution is 2.30. The smallest absolute Gasteiger partial charge is 0.235 e. The summed E-state index contributed by atoms with van der Waals surface area (Å²) in [4.78, 5) is 22.8. The minimum absolute atomic E-state index is 0.269. The molecule has 0 aliphatic carbocycles. The highest BCUT2D eigenvalue weighted by Gasteiger charge is 2.39. The molecule has 0 aromatic heterocycles. The van der Waals surface area contributed by atoms with Crippen molar-refractivity contribution in [3.63, 3.8) is 0 Å². The zero-order chi connectivity index (χ0) is 12.8. The van der Waals surface area contributed by atoms with Gasteiger partial charge in [0, 0.05) is 14.0 Å². The van der Waals surface area contributed by atoms with E-state index in [1.807, 2.05) is 6.92 Å². The number of carbonyl (C=O) groups excluding carboxylic acids is 2. The summed E-state index contributed by atoms with van der Waals surface area (Å²) in [6.07, 6.45) is 2.61. The molecule has 4 nitrogen and oxygen atoms in total. The molecule has 0 aromatic carbocycles. The molecule has 0 fully saturated rings. The van der Waals surface area contributed by atoms with Crippen LogP contribution in [0.25, 0.3) is 0 Å². The third kappa shape index (κ3) is 3.45. The largest absolute Gasteiger partial charge is 0.380 e. The average Bonchev–Trinajstić information content (AvgIpc) is 2.23. The zero-order valence-electron chi connectivity index (χ0n) is 10.5. The fraction of sp³-hybridized carbons (Fsp3) is 0.667. The van der Waals surface area contributed by atoms with E-state index in [0.29, 0.717) is 12.8 Å². The van der Waals surface area contributed by atoms with Crippen molar-refractivity contribution in [1.82, 2.24) is 5.32 Å². The van der Waals surface area contributed by atoms with Gasteiger partial charge in [-0.15, -0.1) is 6.58 Å². The fourth-order valence-corrected chi connectivity index (χ4v) is 1.60. The normalized spacial score (nSPS) is 16.0. The Morgan fingerprint density at radius 3 is 2.44 bits per heavy atom. The summed E-state index contributed by atoms with van der Waals surface area (Å²) >= 11 is 0. The second-order valence-corrected chi connectivity index (χ2v) is 4.03. The standard InChI is InChI=1S/C12H21NO3/c1-6-8-10(16-5)12(4,7-2)11(15)13-9(3)14/h6,10H,1,7-8H2,2-5H3,(H,13,14,15)/t10-,12?/m1/s1. The number of nitrogens with one attached hydrogen (secondary N) is 1. The number of hydrogen-bond acceptors (Lipinski definition) is 3. The van der Waals surface area contributed by atoms with E-state index in [2.05, 4.69) is 11.9 Å². The van der Waals surface area contributed by atoms with Gasteiger partial charge in [-0.3, -0.25) is 14.9 Å². The van der Waals surface area contributed by atoms with Gasteiger partial charge >= 0.3 is 0 Å². The van der Waals surface area contributed by atoms with Gasteiger partial charge in [0.05, 0.1) is 11.5 Å². The fourth-order valence-electron chi connectivity index (χ4n) is 1.60. The first kappa shape index (κ1) is 14.8. The molecular weight excluding hydrogens is 206 g/mol. The number of imide groups is 1. The van der Waals surface area contributed by atoms with Gasteiger partial charge in [0.2, 0.25) is 11.8 Å². The first-order chi connectivity index (χ1) is 7.42. The van der Waals surface area contributed by atoms with Crippen LogP contribution in [0, 0.1) is 5.41 Å². The first-order valence-corrected chi connectivity index (χ1v) is 5.38. The van der Waals surface area contributed by atoms with Crippen molar-refractivity contribution < 1.29 is 14.3 Å². The van der Waals surface area contributed by atoms with Crippen LogP contribution in [0.3, 0.4) is 0 Å². The van der Waals surface area contributed by atoms with Crippen molar-refractivity contribution in [3.05, 3.63) is 12.7 Å². The van der Waals surface area contributed by atoms with Crippen molar-refractivity contribution in [2.45, 2.75) is 39.7 Å². The number of methoxy groups -OCH3 is 1. The molecule has 2 atom stereocenters. The molecule has 92 valence electrons. The van der Waals surface area contributed by atoms with Crippen molar-refractivity contribution in [3.8, 4) is 0 Å². The van der Waals surface area contributed by atoms with Gasteiger partial charge in [-0.05, 0) is 19.8 Å². The number of hydrogen-bond donors (Lipinski definition) is 1. The quantitative estimate of drug-likeness (QED) is 0.702. The van der Waals surface area contributed by atoms with Gasteiger partial charge in [-0.25, -0.2) is 0 Å². The maximum Gasteiger partial charge on any atom is 0.235 e. The molecule has 2 amide bonds. The first-order valence-electron chi connectivity index (χ1n) is 5.38. The lowest BCUT2D eigenvalue weighted by Crippen LogP contribution is -2.48. The van der Waals surface area contributed by atoms with Crippen molar-refractivity contribution in [1.29, 1.82) is 0 Å². The van der Waals surface area contributed by atoms with Crippen LogP contribution in [-0.4, -0.2) is 25.0 Å². The summed E-state index contributed by atoms with van der Waals surface area (Å²) in [6.45, 7) is 8.65. The summed E-state index contributed by atoms with van der Waals surface area (Å²) < 4.78 is 5.31. The average molecular weight is 227 g/mol. The molecule has 0 aliphatic rings. The van der Waals surface area contributed by atoms with Crippen LogP contribution in [0.5, 0.6) is 0 Å². The minimum atomic E-state index is -0.714.